The zero-order valence-corrected chi connectivity index (χ0v) is 13.4. The van der Waals surface area contributed by atoms with E-state index in [4.69, 9.17) is 9.15 Å². The highest BCUT2D eigenvalue weighted by Crippen LogP contribution is 2.23. The highest BCUT2D eigenvalue weighted by atomic mass is 16.5. The van der Waals surface area contributed by atoms with Crippen LogP contribution in [0.2, 0.25) is 0 Å². The van der Waals surface area contributed by atoms with E-state index >= 15 is 0 Å². The molecule has 0 radical (unpaired) electrons. The topological polar surface area (TPSA) is 54.7 Å². The van der Waals surface area contributed by atoms with Gasteiger partial charge in [-0.05, 0) is 39.7 Å². The Hall–Kier alpha value is -1.33. The molecule has 118 valence electrons. The smallest absolute Gasteiger partial charge is 0.248 e. The first-order chi connectivity index (χ1) is 10.0. The Bertz CT molecular complexity index is 476. The third kappa shape index (κ3) is 4.08. The van der Waals surface area contributed by atoms with Crippen LogP contribution >= 0.6 is 0 Å². The predicted molar refractivity (Wildman–Crippen MR) is 81.2 cm³/mol. The number of methoxy groups -OCH3 is 1. The molecular weight excluding hydrogens is 268 g/mol. The first kappa shape index (κ1) is 16.0. The van der Waals surface area contributed by atoms with Crippen molar-refractivity contribution in [2.24, 2.45) is 0 Å². The molecule has 1 unspecified atom stereocenters. The quantitative estimate of drug-likeness (QED) is 0.904. The standard InChI is InChI=1S/C16H26N2O3/c1-11-9-15(13(3)21-11)12(2)17-14-5-7-18(8-6-14)16(19)10-20-4/h9,12,14,17H,5-8,10H2,1-4H3. The molecule has 0 saturated carbocycles. The summed E-state index contributed by atoms with van der Waals surface area (Å²) in [6.45, 7) is 7.93. The number of amides is 1. The van der Waals surface area contributed by atoms with Gasteiger partial charge in [0, 0.05) is 37.8 Å². The zero-order chi connectivity index (χ0) is 15.4. The summed E-state index contributed by atoms with van der Waals surface area (Å²) in [7, 11) is 1.56. The van der Waals surface area contributed by atoms with E-state index in [0.717, 1.165) is 37.5 Å². The van der Waals surface area contributed by atoms with Gasteiger partial charge in [-0.25, -0.2) is 0 Å². The molecule has 1 aromatic rings. The molecule has 2 rings (SSSR count). The van der Waals surface area contributed by atoms with Crippen LogP contribution in [0.5, 0.6) is 0 Å². The van der Waals surface area contributed by atoms with Crippen molar-refractivity contribution in [3.63, 3.8) is 0 Å². The lowest BCUT2D eigenvalue weighted by Gasteiger charge is -2.33. The monoisotopic (exact) mass is 294 g/mol. The van der Waals surface area contributed by atoms with Crippen LogP contribution < -0.4 is 5.32 Å². The molecule has 1 amide bonds. The normalized spacial score (nSPS) is 18.0. The number of nitrogens with zero attached hydrogens (tertiary/aromatic N) is 1. The Kier molecular flexibility index (Phi) is 5.42. The number of piperidine rings is 1. The van der Waals surface area contributed by atoms with Gasteiger partial charge >= 0.3 is 0 Å². The maximum absolute atomic E-state index is 11.8. The largest absolute Gasteiger partial charge is 0.466 e. The maximum atomic E-state index is 11.8. The summed E-state index contributed by atoms with van der Waals surface area (Å²) >= 11 is 0. The van der Waals surface area contributed by atoms with Gasteiger partial charge in [-0.1, -0.05) is 0 Å². The van der Waals surface area contributed by atoms with Crippen LogP contribution in [0.15, 0.2) is 10.5 Å². The Balaban J connectivity index is 1.83. The van der Waals surface area contributed by atoms with Gasteiger partial charge in [-0.15, -0.1) is 0 Å². The number of carbonyl (C=O) groups is 1. The van der Waals surface area contributed by atoms with Crippen molar-refractivity contribution >= 4 is 5.91 Å². The Morgan fingerprint density at radius 1 is 1.48 bits per heavy atom. The number of rotatable bonds is 5. The van der Waals surface area contributed by atoms with E-state index < -0.39 is 0 Å². The number of hydrogen-bond acceptors (Lipinski definition) is 4. The molecule has 0 bridgehead atoms. The van der Waals surface area contributed by atoms with E-state index in [9.17, 15) is 4.79 Å². The van der Waals surface area contributed by atoms with Crippen LogP contribution in [0, 0.1) is 13.8 Å². The number of likely N-dealkylation sites (tertiary alicyclic amines) is 1. The summed E-state index contributed by atoms with van der Waals surface area (Å²) in [5.74, 6) is 2.03. The fourth-order valence-corrected chi connectivity index (χ4v) is 3.03. The minimum Gasteiger partial charge on any atom is -0.466 e. The van der Waals surface area contributed by atoms with Crippen LogP contribution in [0.1, 0.15) is 42.9 Å². The molecule has 5 heteroatoms. The summed E-state index contributed by atoms with van der Waals surface area (Å²) in [5.41, 5.74) is 1.23. The van der Waals surface area contributed by atoms with Crippen molar-refractivity contribution < 1.29 is 13.9 Å². The second-order valence-corrected chi connectivity index (χ2v) is 5.85. The van der Waals surface area contributed by atoms with Crippen molar-refractivity contribution in [2.45, 2.75) is 45.7 Å². The Morgan fingerprint density at radius 3 is 2.67 bits per heavy atom. The van der Waals surface area contributed by atoms with Crippen molar-refractivity contribution in [3.8, 4) is 0 Å². The minimum atomic E-state index is 0.0882. The van der Waals surface area contributed by atoms with Gasteiger partial charge in [0.2, 0.25) is 5.91 Å². The lowest BCUT2D eigenvalue weighted by Crippen LogP contribution is -2.46. The highest BCUT2D eigenvalue weighted by molar-refractivity contribution is 5.77. The molecule has 1 aliphatic rings. The number of furan rings is 1. The van der Waals surface area contributed by atoms with E-state index in [1.54, 1.807) is 7.11 Å². The zero-order valence-electron chi connectivity index (χ0n) is 13.4. The van der Waals surface area contributed by atoms with Crippen LogP contribution in [0.4, 0.5) is 0 Å². The van der Waals surface area contributed by atoms with Gasteiger partial charge in [0.05, 0.1) is 0 Å². The van der Waals surface area contributed by atoms with Crippen molar-refractivity contribution in [1.29, 1.82) is 0 Å². The van der Waals surface area contributed by atoms with E-state index in [2.05, 4.69) is 18.3 Å². The van der Waals surface area contributed by atoms with Crippen molar-refractivity contribution in [1.82, 2.24) is 10.2 Å². The van der Waals surface area contributed by atoms with Crippen LogP contribution in [-0.2, 0) is 9.53 Å². The van der Waals surface area contributed by atoms with Gasteiger partial charge in [0.25, 0.3) is 0 Å². The van der Waals surface area contributed by atoms with E-state index in [-0.39, 0.29) is 18.6 Å². The van der Waals surface area contributed by atoms with Crippen molar-refractivity contribution in [2.75, 3.05) is 26.8 Å². The average molecular weight is 294 g/mol. The van der Waals surface area contributed by atoms with Gasteiger partial charge in [-0.2, -0.15) is 0 Å². The van der Waals surface area contributed by atoms with Gasteiger partial charge in [0.1, 0.15) is 18.1 Å². The van der Waals surface area contributed by atoms with Crippen LogP contribution in [-0.4, -0.2) is 43.7 Å². The molecular formula is C16H26N2O3. The SMILES string of the molecule is COCC(=O)N1CCC(NC(C)c2cc(C)oc2C)CC1. The van der Waals surface area contributed by atoms with Gasteiger partial charge < -0.3 is 19.4 Å². The van der Waals surface area contributed by atoms with Crippen LogP contribution in [0.3, 0.4) is 0 Å². The molecule has 5 nitrogen and oxygen atoms in total. The third-order valence-corrected chi connectivity index (χ3v) is 4.15. The molecule has 1 N–H and O–H groups in total. The molecule has 0 spiro atoms. The molecule has 0 aromatic carbocycles. The molecule has 1 aliphatic heterocycles. The Morgan fingerprint density at radius 2 is 2.14 bits per heavy atom. The molecule has 21 heavy (non-hydrogen) atoms. The van der Waals surface area contributed by atoms with Gasteiger partial charge in [0.15, 0.2) is 0 Å². The first-order valence-corrected chi connectivity index (χ1v) is 7.61. The van der Waals surface area contributed by atoms with Crippen LogP contribution in [0.25, 0.3) is 0 Å². The third-order valence-electron chi connectivity index (χ3n) is 4.15. The van der Waals surface area contributed by atoms with E-state index in [1.807, 2.05) is 18.7 Å². The summed E-state index contributed by atoms with van der Waals surface area (Å²) < 4.78 is 10.5. The number of hydrogen-bond donors (Lipinski definition) is 1. The van der Waals surface area contributed by atoms with E-state index in [0.29, 0.717) is 6.04 Å². The number of ether oxygens (including phenoxy) is 1. The average Bonchev–Trinajstić information content (AvgIpc) is 2.79. The summed E-state index contributed by atoms with van der Waals surface area (Å²) in [6, 6.07) is 2.82. The number of nitrogens with one attached hydrogen (secondary N) is 1. The summed E-state index contributed by atoms with van der Waals surface area (Å²) in [6.07, 6.45) is 1.96. The molecule has 1 aromatic heterocycles. The fourth-order valence-electron chi connectivity index (χ4n) is 3.03. The number of carbonyl (C=O) groups excluding carboxylic acids is 1. The lowest BCUT2D eigenvalue weighted by atomic mass is 10.0. The summed E-state index contributed by atoms with van der Waals surface area (Å²) in [5, 5.41) is 3.65. The first-order valence-electron chi connectivity index (χ1n) is 7.61. The molecule has 1 atom stereocenters. The maximum Gasteiger partial charge on any atom is 0.248 e. The van der Waals surface area contributed by atoms with Crippen molar-refractivity contribution in [3.05, 3.63) is 23.2 Å². The summed E-state index contributed by atoms with van der Waals surface area (Å²) in [4.78, 5) is 13.7. The minimum absolute atomic E-state index is 0.0882. The molecule has 1 saturated heterocycles. The Labute approximate surface area is 126 Å². The van der Waals surface area contributed by atoms with Gasteiger partial charge in [-0.3, -0.25) is 4.79 Å². The second kappa shape index (κ2) is 7.09. The fraction of sp³-hybridized carbons (Fsp3) is 0.688. The van der Waals surface area contributed by atoms with E-state index in [1.165, 1.54) is 5.56 Å². The lowest BCUT2D eigenvalue weighted by molar-refractivity contribution is -0.136. The molecule has 1 fully saturated rings. The molecule has 2 heterocycles. The number of aryl methyl sites for hydroxylation is 2. The predicted octanol–water partition coefficient (Wildman–Crippen LogP) is 2.18. The molecule has 0 aliphatic carbocycles. The highest BCUT2D eigenvalue weighted by Gasteiger charge is 2.24. The second-order valence-electron chi connectivity index (χ2n) is 5.85.